The van der Waals surface area contributed by atoms with Crippen LogP contribution >= 0.6 is 0 Å². The minimum Gasteiger partial charge on any atom is -0.494 e. The van der Waals surface area contributed by atoms with Crippen LogP contribution in [0.4, 0.5) is 11.5 Å². The molecule has 0 saturated carbocycles. The fraction of sp³-hybridized carbons (Fsp3) is 0.478. The maximum absolute atomic E-state index is 6.36. The van der Waals surface area contributed by atoms with Crippen molar-refractivity contribution in [1.29, 1.82) is 0 Å². The monoisotopic (exact) mass is 421 g/mol. The minimum atomic E-state index is 0.0278. The molecule has 8 heteroatoms. The number of rotatable bonds is 5. The number of nitrogens with two attached hydrogens (primary N) is 1. The number of methoxy groups -OCH3 is 1. The first-order valence-electron chi connectivity index (χ1n) is 10.6. The molecule has 0 bridgehead atoms. The predicted octanol–water partition coefficient (Wildman–Crippen LogP) is 3.32. The molecule has 31 heavy (non-hydrogen) atoms. The van der Waals surface area contributed by atoms with E-state index >= 15 is 0 Å². The molecule has 1 fully saturated rings. The second-order valence-electron chi connectivity index (χ2n) is 9.60. The first kappa shape index (κ1) is 21.2. The number of hydrogen-bond acceptors (Lipinski definition) is 8. The van der Waals surface area contributed by atoms with Crippen molar-refractivity contribution in [3.05, 3.63) is 30.0 Å². The predicted molar refractivity (Wildman–Crippen MR) is 126 cm³/mol. The number of hydrogen-bond donors (Lipinski definition) is 3. The average molecular weight is 422 g/mol. The quantitative estimate of drug-likeness (QED) is 0.679. The Labute approximate surface area is 183 Å². The summed E-state index contributed by atoms with van der Waals surface area (Å²) in [6.07, 6.45) is 7.63. The Bertz CT molecular complexity index is 1030. The summed E-state index contributed by atoms with van der Waals surface area (Å²) in [5, 5.41) is 16.0. The molecule has 4 N–H and O–H groups in total. The third-order valence-corrected chi connectivity index (χ3v) is 5.65. The van der Waals surface area contributed by atoms with Crippen LogP contribution in [-0.4, -0.2) is 52.2 Å². The Hall–Kier alpha value is -3.00. The molecule has 4 rings (SSSR count). The Morgan fingerprint density at radius 3 is 2.48 bits per heavy atom. The lowest BCUT2D eigenvalue weighted by Crippen LogP contribution is -2.60. The van der Waals surface area contributed by atoms with Crippen molar-refractivity contribution in [2.24, 2.45) is 4.99 Å². The van der Waals surface area contributed by atoms with Crippen molar-refractivity contribution in [3.8, 4) is 17.1 Å². The zero-order chi connectivity index (χ0) is 22.2. The van der Waals surface area contributed by atoms with E-state index in [2.05, 4.69) is 64.6 Å². The van der Waals surface area contributed by atoms with Gasteiger partial charge in [-0.2, -0.15) is 0 Å². The van der Waals surface area contributed by atoms with Crippen LogP contribution in [0.2, 0.25) is 0 Å². The lowest BCUT2D eigenvalue weighted by molar-refractivity contribution is 0.170. The summed E-state index contributed by atoms with van der Waals surface area (Å²) in [5.74, 6) is 1.22. The van der Waals surface area contributed by atoms with Crippen LogP contribution in [0.25, 0.3) is 17.0 Å². The van der Waals surface area contributed by atoms with Crippen LogP contribution in [-0.2, 0) is 0 Å². The topological polar surface area (TPSA) is 110 Å². The van der Waals surface area contributed by atoms with Crippen LogP contribution in [0.3, 0.4) is 0 Å². The Morgan fingerprint density at radius 2 is 1.87 bits per heavy atom. The van der Waals surface area contributed by atoms with E-state index in [1.54, 1.807) is 19.4 Å². The largest absolute Gasteiger partial charge is 0.494 e. The fourth-order valence-electron chi connectivity index (χ4n) is 4.75. The highest BCUT2D eigenvalue weighted by molar-refractivity contribution is 6.11. The van der Waals surface area contributed by atoms with Crippen molar-refractivity contribution in [2.75, 3.05) is 24.7 Å². The molecule has 2 aliphatic rings. The average Bonchev–Trinajstić information content (AvgIpc) is 3.21. The number of aliphatic imine (C=N–C) groups is 1. The number of pyridine rings is 1. The number of piperidine rings is 1. The minimum absolute atomic E-state index is 0.0278. The summed E-state index contributed by atoms with van der Waals surface area (Å²) in [5.41, 5.74) is 10.1. The van der Waals surface area contributed by atoms with E-state index in [4.69, 9.17) is 10.5 Å². The first-order valence-corrected chi connectivity index (χ1v) is 10.6. The van der Waals surface area contributed by atoms with E-state index in [1.807, 2.05) is 12.3 Å². The molecule has 0 aliphatic carbocycles. The molecule has 164 valence electrons. The molecule has 1 saturated heterocycles. The molecule has 2 aromatic rings. The Kier molecular flexibility index (Phi) is 5.43. The summed E-state index contributed by atoms with van der Waals surface area (Å²) in [7, 11) is 1.62. The number of aromatic nitrogens is 3. The molecule has 0 atom stereocenters. The smallest absolute Gasteiger partial charge is 0.172 e. The van der Waals surface area contributed by atoms with Crippen LogP contribution in [0, 0.1) is 0 Å². The van der Waals surface area contributed by atoms with Crippen molar-refractivity contribution in [3.63, 3.8) is 0 Å². The van der Waals surface area contributed by atoms with Gasteiger partial charge in [0.05, 0.1) is 19.3 Å². The molecule has 0 radical (unpaired) electrons. The molecule has 2 aromatic heterocycles. The van der Waals surface area contributed by atoms with E-state index in [0.29, 0.717) is 35.2 Å². The van der Waals surface area contributed by atoms with Crippen molar-refractivity contribution in [1.82, 2.24) is 20.5 Å². The second kappa shape index (κ2) is 7.92. The van der Waals surface area contributed by atoms with Gasteiger partial charge in [0.15, 0.2) is 5.82 Å². The standard InChI is InChI=1S/C23H31N7O/c1-22(2)10-16(11-23(3,4)30-22)27-21-17(24)9-18(28-29-21)20-19(31-5)8-15(13-26-20)14-6-7-25-12-14/h6,8-9,12-13,16,30H,7,10-11H2,1-5H3,(H2,24,28)(H,27,29). The van der Waals surface area contributed by atoms with Gasteiger partial charge in [-0.1, -0.05) is 6.08 Å². The van der Waals surface area contributed by atoms with Crippen LogP contribution in [0.15, 0.2) is 29.4 Å². The second-order valence-corrected chi connectivity index (χ2v) is 9.60. The highest BCUT2D eigenvalue weighted by Gasteiger charge is 2.37. The van der Waals surface area contributed by atoms with Crippen molar-refractivity contribution < 1.29 is 4.74 Å². The highest BCUT2D eigenvalue weighted by atomic mass is 16.5. The zero-order valence-corrected chi connectivity index (χ0v) is 18.9. The van der Waals surface area contributed by atoms with Gasteiger partial charge < -0.3 is 21.1 Å². The Balaban J connectivity index is 1.57. The van der Waals surface area contributed by atoms with Gasteiger partial charge >= 0.3 is 0 Å². The van der Waals surface area contributed by atoms with Crippen molar-refractivity contribution in [2.45, 2.75) is 57.7 Å². The van der Waals surface area contributed by atoms with E-state index in [1.165, 1.54) is 0 Å². The van der Waals surface area contributed by atoms with Gasteiger partial charge in [-0.25, -0.2) is 4.98 Å². The van der Waals surface area contributed by atoms with E-state index in [-0.39, 0.29) is 17.1 Å². The molecule has 0 spiro atoms. The molecule has 0 amide bonds. The summed E-state index contributed by atoms with van der Waals surface area (Å²) in [6.45, 7) is 9.57. The van der Waals surface area contributed by atoms with Crippen molar-refractivity contribution >= 4 is 23.3 Å². The highest BCUT2D eigenvalue weighted by Crippen LogP contribution is 2.33. The molecular weight excluding hydrogens is 390 g/mol. The molecule has 2 aliphatic heterocycles. The summed E-state index contributed by atoms with van der Waals surface area (Å²) in [6, 6.07) is 3.99. The number of ether oxygens (including phenoxy) is 1. The zero-order valence-electron chi connectivity index (χ0n) is 18.9. The van der Waals surface area contributed by atoms with Gasteiger partial charge in [-0.05, 0) is 58.2 Å². The van der Waals surface area contributed by atoms with Gasteiger partial charge in [-0.15, -0.1) is 10.2 Å². The SMILES string of the molecule is COc1cc(C2=CCN=C2)cnc1-c1cc(N)c(NC2CC(C)(C)NC(C)(C)C2)nn1. The van der Waals surface area contributed by atoms with E-state index in [9.17, 15) is 0 Å². The number of nitrogen functional groups attached to an aromatic ring is 1. The first-order chi connectivity index (χ1) is 14.7. The summed E-state index contributed by atoms with van der Waals surface area (Å²) >= 11 is 0. The maximum atomic E-state index is 6.36. The summed E-state index contributed by atoms with van der Waals surface area (Å²) < 4.78 is 5.57. The van der Waals surface area contributed by atoms with Crippen LogP contribution in [0.5, 0.6) is 5.75 Å². The molecule has 4 heterocycles. The van der Waals surface area contributed by atoms with Gasteiger partial charge in [-0.3, -0.25) is 4.99 Å². The Morgan fingerprint density at radius 1 is 1.13 bits per heavy atom. The van der Waals surface area contributed by atoms with Gasteiger partial charge in [0.25, 0.3) is 0 Å². The molecular formula is C23H31N7O. The normalized spacial score (nSPS) is 19.8. The lowest BCUT2D eigenvalue weighted by Gasteiger charge is -2.46. The maximum Gasteiger partial charge on any atom is 0.172 e. The van der Waals surface area contributed by atoms with Crippen LogP contribution in [0.1, 0.15) is 46.1 Å². The van der Waals surface area contributed by atoms with Gasteiger partial charge in [0, 0.05) is 35.1 Å². The number of nitrogens with zero attached hydrogens (tertiary/aromatic N) is 4. The summed E-state index contributed by atoms with van der Waals surface area (Å²) in [4.78, 5) is 8.80. The third-order valence-electron chi connectivity index (χ3n) is 5.65. The fourth-order valence-corrected chi connectivity index (χ4v) is 4.75. The van der Waals surface area contributed by atoms with Gasteiger partial charge in [0.1, 0.15) is 17.1 Å². The lowest BCUT2D eigenvalue weighted by atomic mass is 9.79. The number of allylic oxidation sites excluding steroid dienone is 1. The van der Waals surface area contributed by atoms with Crippen LogP contribution < -0.4 is 21.1 Å². The van der Waals surface area contributed by atoms with Gasteiger partial charge in [0.2, 0.25) is 0 Å². The molecule has 8 nitrogen and oxygen atoms in total. The molecule has 0 aromatic carbocycles. The third kappa shape index (κ3) is 4.69. The number of nitrogens with one attached hydrogen (secondary N) is 2. The van der Waals surface area contributed by atoms with E-state index in [0.717, 1.165) is 24.0 Å². The van der Waals surface area contributed by atoms with E-state index < -0.39 is 0 Å². The number of anilines is 2. The molecule has 0 unspecified atom stereocenters.